The van der Waals surface area contributed by atoms with Crippen LogP contribution in [0.15, 0.2) is 18.3 Å². The van der Waals surface area contributed by atoms with Gasteiger partial charge >= 0.3 is 6.01 Å². The number of thiophene rings is 1. The minimum Gasteiger partial charge on any atom is -0.467 e. The molecular formula is C22H25N9OS2. The number of nitrogens with zero attached hydrogens (tertiary/aromatic N) is 7. The molecule has 1 spiro atoms. The number of ether oxygens (including phenoxy) is 1. The van der Waals surface area contributed by atoms with Gasteiger partial charge in [-0.25, -0.2) is 4.98 Å². The molecule has 5 rings (SSSR count). The molecule has 0 amide bonds. The van der Waals surface area contributed by atoms with Gasteiger partial charge in [0, 0.05) is 47.6 Å². The van der Waals surface area contributed by atoms with Crippen molar-refractivity contribution in [2.45, 2.75) is 30.4 Å². The van der Waals surface area contributed by atoms with Crippen LogP contribution in [-0.4, -0.2) is 46.7 Å². The van der Waals surface area contributed by atoms with E-state index in [0.717, 1.165) is 16.9 Å². The van der Waals surface area contributed by atoms with Crippen LogP contribution < -0.4 is 26.0 Å². The van der Waals surface area contributed by atoms with Gasteiger partial charge in [-0.1, -0.05) is 6.07 Å². The number of nitrogens with two attached hydrogens (primary N) is 2. The van der Waals surface area contributed by atoms with Crippen LogP contribution >= 0.6 is 23.1 Å². The van der Waals surface area contributed by atoms with Gasteiger partial charge in [-0.15, -0.1) is 23.1 Å². The van der Waals surface area contributed by atoms with Crippen molar-refractivity contribution in [3.8, 4) is 12.1 Å². The van der Waals surface area contributed by atoms with Crippen molar-refractivity contribution < 1.29 is 4.74 Å². The standard InChI is InChI=1S/C22H25N9OS2/c1-4-31(12(2)13-6-5-7-26-17(13)24)20-27-19(28-21(29-20)32-3)30-10-22(11-30)16-14(8-23)18(25)34-15(16)9-33-22/h5-7,12H,4,9-11,25H2,1-3H3,(H2,24,26). The lowest BCUT2D eigenvalue weighted by atomic mass is 9.88. The maximum absolute atomic E-state index is 9.65. The number of fused-ring (bicyclic) bond motifs is 2. The third-order valence-corrected chi connectivity index (χ3v) is 9.04. The van der Waals surface area contributed by atoms with Gasteiger partial charge in [0.25, 0.3) is 0 Å². The maximum Gasteiger partial charge on any atom is 0.322 e. The van der Waals surface area contributed by atoms with Crippen molar-refractivity contribution in [2.75, 3.05) is 48.0 Å². The fourth-order valence-corrected chi connectivity index (χ4v) is 7.47. The number of pyridine rings is 1. The van der Waals surface area contributed by atoms with E-state index in [1.165, 1.54) is 16.2 Å². The summed E-state index contributed by atoms with van der Waals surface area (Å²) in [5, 5.41) is 10.3. The average Bonchev–Trinajstić information content (AvgIpc) is 3.33. The molecule has 176 valence electrons. The lowest BCUT2D eigenvalue weighted by Gasteiger charge is -2.47. The molecule has 1 unspecified atom stereocenters. The number of thioether (sulfide) groups is 1. The summed E-state index contributed by atoms with van der Waals surface area (Å²) in [6.07, 6.45) is 1.68. The molecule has 5 heterocycles. The Labute approximate surface area is 206 Å². The number of aromatic nitrogens is 4. The van der Waals surface area contributed by atoms with Crippen LogP contribution in [0.25, 0.3) is 0 Å². The fourth-order valence-electron chi connectivity index (χ4n) is 4.67. The van der Waals surface area contributed by atoms with Crippen LogP contribution in [0.1, 0.15) is 41.5 Å². The normalized spacial score (nSPS) is 16.6. The third kappa shape index (κ3) is 3.47. The summed E-state index contributed by atoms with van der Waals surface area (Å²) in [6, 6.07) is 6.29. The zero-order chi connectivity index (χ0) is 24.0. The molecule has 3 aromatic rings. The van der Waals surface area contributed by atoms with E-state index >= 15 is 0 Å². The van der Waals surface area contributed by atoms with Crippen molar-refractivity contribution in [3.05, 3.63) is 39.9 Å². The Hall–Kier alpha value is -3.30. The number of rotatable bonds is 6. The summed E-state index contributed by atoms with van der Waals surface area (Å²) in [7, 11) is 1.55. The maximum atomic E-state index is 9.65. The van der Waals surface area contributed by atoms with Gasteiger partial charge in [0.2, 0.25) is 11.9 Å². The highest BCUT2D eigenvalue weighted by Gasteiger charge is 2.53. The summed E-state index contributed by atoms with van der Waals surface area (Å²) in [4.78, 5) is 23.4. The lowest BCUT2D eigenvalue weighted by Crippen LogP contribution is -2.57. The molecule has 2 aliphatic rings. The van der Waals surface area contributed by atoms with Gasteiger partial charge in [0.1, 0.15) is 16.9 Å². The SMILES string of the molecule is CCN(c1nc(OC)nc(N2CC3(C2)SCc2sc(N)c(C#N)c23)n1)C(C)c1cccnc1N. The highest BCUT2D eigenvalue weighted by atomic mass is 32.2. The van der Waals surface area contributed by atoms with E-state index in [0.29, 0.717) is 47.9 Å². The molecule has 1 fully saturated rings. The van der Waals surface area contributed by atoms with Gasteiger partial charge < -0.3 is 26.0 Å². The molecule has 0 radical (unpaired) electrons. The third-order valence-electron chi connectivity index (χ3n) is 6.39. The summed E-state index contributed by atoms with van der Waals surface area (Å²) >= 11 is 3.39. The number of hydrogen-bond donors (Lipinski definition) is 2. The summed E-state index contributed by atoms with van der Waals surface area (Å²) < 4.78 is 5.26. The topological polar surface area (TPSA) is 143 Å². The first-order valence-corrected chi connectivity index (χ1v) is 12.7. The molecule has 0 saturated carbocycles. The summed E-state index contributed by atoms with van der Waals surface area (Å²) in [6.45, 7) is 6.13. The molecule has 1 saturated heterocycles. The molecule has 0 aromatic carbocycles. The van der Waals surface area contributed by atoms with E-state index in [2.05, 4.69) is 25.9 Å². The number of hydrogen-bond acceptors (Lipinski definition) is 12. The van der Waals surface area contributed by atoms with E-state index in [1.807, 2.05) is 42.6 Å². The van der Waals surface area contributed by atoms with E-state index in [4.69, 9.17) is 21.2 Å². The summed E-state index contributed by atoms with van der Waals surface area (Å²) in [5.41, 5.74) is 14.9. The molecular weight excluding hydrogens is 470 g/mol. The second-order valence-electron chi connectivity index (χ2n) is 8.25. The van der Waals surface area contributed by atoms with Crippen LogP contribution in [-0.2, 0) is 10.5 Å². The predicted octanol–water partition coefficient (Wildman–Crippen LogP) is 2.92. The van der Waals surface area contributed by atoms with Crippen molar-refractivity contribution in [1.29, 1.82) is 5.26 Å². The Morgan fingerprint density at radius 3 is 2.79 bits per heavy atom. The van der Waals surface area contributed by atoms with Gasteiger partial charge in [-0.05, 0) is 19.9 Å². The van der Waals surface area contributed by atoms with Crippen LogP contribution in [0.3, 0.4) is 0 Å². The van der Waals surface area contributed by atoms with Crippen molar-refractivity contribution in [2.24, 2.45) is 0 Å². The molecule has 10 nitrogen and oxygen atoms in total. The van der Waals surface area contributed by atoms with E-state index in [-0.39, 0.29) is 16.8 Å². The zero-order valence-electron chi connectivity index (χ0n) is 19.1. The highest BCUT2D eigenvalue weighted by molar-refractivity contribution is 8.00. The van der Waals surface area contributed by atoms with Gasteiger partial charge in [0.15, 0.2) is 0 Å². The molecule has 1 atom stereocenters. The van der Waals surface area contributed by atoms with Crippen LogP contribution in [0.4, 0.5) is 22.7 Å². The summed E-state index contributed by atoms with van der Waals surface area (Å²) in [5.74, 6) is 2.42. The second-order valence-corrected chi connectivity index (χ2v) is 10.7. The highest BCUT2D eigenvalue weighted by Crippen LogP contribution is 2.57. The molecule has 3 aromatic heterocycles. The van der Waals surface area contributed by atoms with Crippen LogP contribution in [0, 0.1) is 11.3 Å². The largest absolute Gasteiger partial charge is 0.467 e. The number of anilines is 4. The van der Waals surface area contributed by atoms with Gasteiger partial charge in [-0.2, -0.15) is 20.2 Å². The predicted molar refractivity (Wildman–Crippen MR) is 135 cm³/mol. The van der Waals surface area contributed by atoms with E-state index < -0.39 is 0 Å². The number of methoxy groups -OCH3 is 1. The van der Waals surface area contributed by atoms with Gasteiger partial charge in [0.05, 0.1) is 23.5 Å². The Morgan fingerprint density at radius 1 is 1.32 bits per heavy atom. The average molecular weight is 496 g/mol. The number of nitriles is 1. The minimum atomic E-state index is -0.156. The Morgan fingerprint density at radius 2 is 2.12 bits per heavy atom. The zero-order valence-corrected chi connectivity index (χ0v) is 20.8. The monoisotopic (exact) mass is 495 g/mol. The molecule has 0 aliphatic carbocycles. The molecule has 4 N–H and O–H groups in total. The van der Waals surface area contributed by atoms with Crippen molar-refractivity contribution in [1.82, 2.24) is 19.9 Å². The number of nitrogen functional groups attached to an aromatic ring is 2. The van der Waals surface area contributed by atoms with Crippen molar-refractivity contribution in [3.63, 3.8) is 0 Å². The Kier molecular flexibility index (Phi) is 5.61. The van der Waals surface area contributed by atoms with Crippen molar-refractivity contribution >= 4 is 45.8 Å². The molecule has 34 heavy (non-hydrogen) atoms. The van der Waals surface area contributed by atoms with Crippen LogP contribution in [0.2, 0.25) is 0 Å². The Balaban J connectivity index is 1.45. The molecule has 2 aliphatic heterocycles. The first kappa shape index (κ1) is 22.5. The first-order valence-electron chi connectivity index (χ1n) is 10.9. The van der Waals surface area contributed by atoms with E-state index in [9.17, 15) is 5.26 Å². The second kappa shape index (κ2) is 8.48. The minimum absolute atomic E-state index is 0.0960. The van der Waals surface area contributed by atoms with E-state index in [1.54, 1.807) is 13.3 Å². The molecule has 0 bridgehead atoms. The van der Waals surface area contributed by atoms with Gasteiger partial charge in [-0.3, -0.25) is 0 Å². The fraction of sp³-hybridized carbons (Fsp3) is 0.409. The smallest absolute Gasteiger partial charge is 0.322 e. The quantitative estimate of drug-likeness (QED) is 0.521. The van der Waals surface area contributed by atoms with Crippen LogP contribution in [0.5, 0.6) is 6.01 Å². The first-order chi connectivity index (χ1) is 16.4. The Bertz CT molecular complexity index is 1280. The lowest BCUT2D eigenvalue weighted by molar-refractivity contribution is 0.374. The molecule has 12 heteroatoms.